The minimum atomic E-state index is -0.203. The maximum Gasteiger partial charge on any atom is 0.175 e. The van der Waals surface area contributed by atoms with Crippen LogP contribution in [0.25, 0.3) is 0 Å². The molecule has 5 heteroatoms. The molecular formula is C16H34N4Si. The first kappa shape index (κ1) is 15.9. The quantitative estimate of drug-likeness (QED) is 0.420. The van der Waals surface area contributed by atoms with Gasteiger partial charge in [0.05, 0.1) is 10.4 Å². The van der Waals surface area contributed by atoms with Crippen LogP contribution < -0.4 is 20.9 Å². The molecule has 0 atom stereocenters. The summed E-state index contributed by atoms with van der Waals surface area (Å²) in [5.41, 5.74) is 0. The van der Waals surface area contributed by atoms with Crippen LogP contribution in [0.15, 0.2) is 0 Å². The second-order valence-corrected chi connectivity index (χ2v) is 7.88. The monoisotopic (exact) mass is 310 g/mol. The first-order valence-corrected chi connectivity index (χ1v) is 10.3. The lowest BCUT2D eigenvalue weighted by Crippen LogP contribution is -2.78. The van der Waals surface area contributed by atoms with Gasteiger partial charge in [0.25, 0.3) is 0 Å². The Kier molecular flexibility index (Phi) is 5.73. The van der Waals surface area contributed by atoms with E-state index in [-0.39, 0.29) is 5.91 Å². The lowest BCUT2D eigenvalue weighted by Gasteiger charge is -2.43. The van der Waals surface area contributed by atoms with Crippen LogP contribution in [-0.4, -0.2) is 34.4 Å². The minimum absolute atomic E-state index is 0.203. The third kappa shape index (κ3) is 4.29. The van der Waals surface area contributed by atoms with Crippen molar-refractivity contribution in [2.75, 3.05) is 0 Å². The SMILES string of the molecule is [SiH3]NC(NC1CCCC1)(NC1CCCC1)NC1CCCC1. The number of rotatable bonds is 7. The largest absolute Gasteiger partial charge is 0.304 e. The average molecular weight is 311 g/mol. The Morgan fingerprint density at radius 1 is 0.571 bits per heavy atom. The van der Waals surface area contributed by atoms with Gasteiger partial charge in [-0.05, 0) is 38.5 Å². The van der Waals surface area contributed by atoms with E-state index in [1.165, 1.54) is 77.0 Å². The van der Waals surface area contributed by atoms with Crippen molar-refractivity contribution in [2.24, 2.45) is 0 Å². The molecule has 0 spiro atoms. The summed E-state index contributed by atoms with van der Waals surface area (Å²) in [7, 11) is 1.00. The van der Waals surface area contributed by atoms with Gasteiger partial charge in [-0.2, -0.15) is 0 Å². The molecule has 3 saturated carbocycles. The Bertz CT molecular complexity index is 262. The van der Waals surface area contributed by atoms with E-state index in [0.717, 1.165) is 10.4 Å². The van der Waals surface area contributed by atoms with E-state index in [1.807, 2.05) is 0 Å². The molecule has 3 fully saturated rings. The highest BCUT2D eigenvalue weighted by molar-refractivity contribution is 6.04. The lowest BCUT2D eigenvalue weighted by atomic mass is 10.2. The van der Waals surface area contributed by atoms with Crippen molar-refractivity contribution < 1.29 is 0 Å². The predicted octanol–water partition coefficient (Wildman–Crippen LogP) is 1.06. The molecule has 4 nitrogen and oxygen atoms in total. The zero-order valence-electron chi connectivity index (χ0n) is 13.7. The van der Waals surface area contributed by atoms with Gasteiger partial charge >= 0.3 is 0 Å². The Morgan fingerprint density at radius 3 is 1.10 bits per heavy atom. The maximum atomic E-state index is 3.93. The zero-order chi connectivity index (χ0) is 14.5. The van der Waals surface area contributed by atoms with Gasteiger partial charge in [0.1, 0.15) is 0 Å². The van der Waals surface area contributed by atoms with Gasteiger partial charge in [-0.25, -0.2) is 0 Å². The van der Waals surface area contributed by atoms with Crippen LogP contribution in [-0.2, 0) is 0 Å². The average Bonchev–Trinajstić information content (AvgIpc) is 3.21. The summed E-state index contributed by atoms with van der Waals surface area (Å²) in [6.07, 6.45) is 16.4. The van der Waals surface area contributed by atoms with Gasteiger partial charge in [-0.3, -0.25) is 16.0 Å². The van der Waals surface area contributed by atoms with E-state index in [0.29, 0.717) is 18.1 Å². The zero-order valence-corrected chi connectivity index (χ0v) is 15.7. The van der Waals surface area contributed by atoms with Crippen LogP contribution in [0.4, 0.5) is 0 Å². The molecule has 0 radical (unpaired) electrons. The standard InChI is InChI=1S/C16H34N4Si/c21-20-16(17-13-7-1-2-8-13,18-14-9-3-4-10-14)19-15-11-5-6-12-15/h13-15,17-20H,1-12H2,21H3. The molecule has 0 bridgehead atoms. The second kappa shape index (κ2) is 7.55. The van der Waals surface area contributed by atoms with Crippen molar-refractivity contribution in [1.29, 1.82) is 0 Å². The Morgan fingerprint density at radius 2 is 0.857 bits per heavy atom. The summed E-state index contributed by atoms with van der Waals surface area (Å²) in [6.45, 7) is 0. The lowest BCUT2D eigenvalue weighted by molar-refractivity contribution is 0.123. The third-order valence-electron chi connectivity index (χ3n) is 5.70. The van der Waals surface area contributed by atoms with Crippen molar-refractivity contribution >= 4 is 10.4 Å². The van der Waals surface area contributed by atoms with E-state index in [4.69, 9.17) is 0 Å². The highest BCUT2D eigenvalue weighted by Crippen LogP contribution is 2.24. The van der Waals surface area contributed by atoms with Crippen LogP contribution in [0.3, 0.4) is 0 Å². The summed E-state index contributed by atoms with van der Waals surface area (Å²) in [5.74, 6) is -0.203. The topological polar surface area (TPSA) is 48.1 Å². The molecule has 21 heavy (non-hydrogen) atoms. The molecule has 3 aliphatic rings. The molecule has 0 unspecified atom stereocenters. The van der Waals surface area contributed by atoms with Gasteiger partial charge in [0.2, 0.25) is 0 Å². The van der Waals surface area contributed by atoms with Gasteiger partial charge in [0.15, 0.2) is 5.91 Å². The molecule has 0 aliphatic heterocycles. The van der Waals surface area contributed by atoms with Crippen LogP contribution in [0.1, 0.15) is 77.0 Å². The molecule has 0 aromatic heterocycles. The van der Waals surface area contributed by atoms with Crippen molar-refractivity contribution in [2.45, 2.75) is 101 Å². The molecule has 4 N–H and O–H groups in total. The maximum absolute atomic E-state index is 3.93. The van der Waals surface area contributed by atoms with Crippen LogP contribution in [0.5, 0.6) is 0 Å². The van der Waals surface area contributed by atoms with Crippen molar-refractivity contribution in [1.82, 2.24) is 20.9 Å². The van der Waals surface area contributed by atoms with E-state index in [1.54, 1.807) is 0 Å². The Hall–Kier alpha value is 0.0569. The first-order valence-electron chi connectivity index (χ1n) is 9.32. The van der Waals surface area contributed by atoms with E-state index < -0.39 is 0 Å². The van der Waals surface area contributed by atoms with Crippen LogP contribution in [0, 0.1) is 0 Å². The molecule has 0 aromatic rings. The Labute approximate surface area is 133 Å². The van der Waals surface area contributed by atoms with E-state index in [2.05, 4.69) is 20.9 Å². The van der Waals surface area contributed by atoms with Gasteiger partial charge in [0, 0.05) is 18.1 Å². The second-order valence-electron chi connectivity index (χ2n) is 7.38. The summed E-state index contributed by atoms with van der Waals surface area (Å²) in [6, 6.07) is 2.03. The van der Waals surface area contributed by atoms with Gasteiger partial charge in [-0.15, -0.1) is 0 Å². The van der Waals surface area contributed by atoms with Crippen molar-refractivity contribution in [3.8, 4) is 0 Å². The molecular weight excluding hydrogens is 276 g/mol. The Balaban J connectivity index is 1.65. The minimum Gasteiger partial charge on any atom is -0.304 e. The van der Waals surface area contributed by atoms with Crippen LogP contribution in [0.2, 0.25) is 0 Å². The molecule has 122 valence electrons. The molecule has 0 heterocycles. The fourth-order valence-corrected chi connectivity index (χ4v) is 4.90. The van der Waals surface area contributed by atoms with Crippen molar-refractivity contribution in [3.05, 3.63) is 0 Å². The normalized spacial score (nSPS) is 26.3. The molecule has 0 aromatic carbocycles. The molecule has 3 rings (SSSR count). The van der Waals surface area contributed by atoms with Crippen LogP contribution >= 0.6 is 0 Å². The number of hydrogen-bond acceptors (Lipinski definition) is 4. The number of nitrogens with one attached hydrogen (secondary N) is 4. The molecule has 0 saturated heterocycles. The summed E-state index contributed by atoms with van der Waals surface area (Å²) in [5, 5.41) is 11.8. The van der Waals surface area contributed by atoms with Crippen molar-refractivity contribution in [3.63, 3.8) is 0 Å². The molecule has 0 amide bonds. The fraction of sp³-hybridized carbons (Fsp3) is 1.00. The summed E-state index contributed by atoms with van der Waals surface area (Å²) in [4.78, 5) is 3.70. The predicted molar refractivity (Wildman–Crippen MR) is 92.0 cm³/mol. The van der Waals surface area contributed by atoms with E-state index in [9.17, 15) is 0 Å². The fourth-order valence-electron chi connectivity index (χ4n) is 4.47. The highest BCUT2D eigenvalue weighted by atomic mass is 28.2. The first-order chi connectivity index (χ1) is 10.3. The van der Waals surface area contributed by atoms with E-state index >= 15 is 0 Å². The summed E-state index contributed by atoms with van der Waals surface area (Å²) < 4.78 is 0. The van der Waals surface area contributed by atoms with Gasteiger partial charge < -0.3 is 4.98 Å². The summed E-state index contributed by atoms with van der Waals surface area (Å²) >= 11 is 0. The highest BCUT2D eigenvalue weighted by Gasteiger charge is 2.36. The molecule has 3 aliphatic carbocycles. The smallest absolute Gasteiger partial charge is 0.175 e. The third-order valence-corrected chi connectivity index (χ3v) is 6.45. The number of hydrogen-bond donors (Lipinski definition) is 4. The van der Waals surface area contributed by atoms with Gasteiger partial charge in [-0.1, -0.05) is 38.5 Å².